The van der Waals surface area contributed by atoms with Gasteiger partial charge >= 0.3 is 0 Å². The molecule has 29 heavy (non-hydrogen) atoms. The molecule has 3 aliphatic rings. The Balaban J connectivity index is 1.46. The van der Waals surface area contributed by atoms with Crippen LogP contribution in [0.2, 0.25) is 0 Å². The van der Waals surface area contributed by atoms with Gasteiger partial charge in [0.25, 0.3) is 5.91 Å². The minimum absolute atomic E-state index is 0.0390. The first-order chi connectivity index (χ1) is 13.9. The summed E-state index contributed by atoms with van der Waals surface area (Å²) in [7, 11) is -3.77. The Kier molecular flexibility index (Phi) is 5.78. The van der Waals surface area contributed by atoms with Crippen molar-refractivity contribution in [3.05, 3.63) is 18.2 Å². The van der Waals surface area contributed by atoms with Crippen LogP contribution >= 0.6 is 0 Å². The Labute approximate surface area is 171 Å². The zero-order valence-electron chi connectivity index (χ0n) is 16.4. The number of carbonyl (C=O) groups excluding carboxylic acids is 2. The maximum Gasteiger partial charge on any atom is 0.262 e. The third kappa shape index (κ3) is 4.40. The number of nitrogens with zero attached hydrogens (tertiary/aromatic N) is 1. The van der Waals surface area contributed by atoms with Crippen LogP contribution in [0.25, 0.3) is 0 Å². The first kappa shape index (κ1) is 20.2. The number of hydrogen-bond acceptors (Lipinski definition) is 5. The number of amides is 2. The Hall–Kier alpha value is -2.13. The third-order valence-electron chi connectivity index (χ3n) is 5.93. The van der Waals surface area contributed by atoms with Crippen LogP contribution in [0.4, 0.5) is 5.69 Å². The molecule has 0 radical (unpaired) electrons. The molecule has 158 valence electrons. The minimum atomic E-state index is -3.77. The molecular formula is C20H27N3O5S. The number of anilines is 1. The summed E-state index contributed by atoms with van der Waals surface area (Å²) >= 11 is 0. The Morgan fingerprint density at radius 1 is 1.14 bits per heavy atom. The van der Waals surface area contributed by atoms with Crippen molar-refractivity contribution in [1.29, 1.82) is 0 Å². The molecule has 1 aliphatic carbocycles. The van der Waals surface area contributed by atoms with Gasteiger partial charge in [-0.1, -0.05) is 19.3 Å². The van der Waals surface area contributed by atoms with Crippen LogP contribution in [0.1, 0.15) is 44.9 Å². The van der Waals surface area contributed by atoms with Crippen LogP contribution in [0.3, 0.4) is 0 Å². The molecule has 9 heteroatoms. The highest BCUT2D eigenvalue weighted by Gasteiger charge is 2.34. The zero-order chi connectivity index (χ0) is 20.4. The van der Waals surface area contributed by atoms with Gasteiger partial charge in [-0.15, -0.1) is 0 Å². The van der Waals surface area contributed by atoms with Gasteiger partial charge in [0.15, 0.2) is 6.61 Å². The fourth-order valence-corrected chi connectivity index (χ4v) is 5.86. The monoisotopic (exact) mass is 421 g/mol. The summed E-state index contributed by atoms with van der Waals surface area (Å²) in [5.41, 5.74) is 0.353. The Morgan fingerprint density at radius 3 is 2.72 bits per heavy atom. The van der Waals surface area contributed by atoms with Crippen molar-refractivity contribution in [2.24, 2.45) is 5.92 Å². The smallest absolute Gasteiger partial charge is 0.262 e. The van der Waals surface area contributed by atoms with Crippen LogP contribution in [0.15, 0.2) is 23.1 Å². The van der Waals surface area contributed by atoms with Gasteiger partial charge in [-0.05, 0) is 43.9 Å². The van der Waals surface area contributed by atoms with Gasteiger partial charge in [-0.3, -0.25) is 9.59 Å². The van der Waals surface area contributed by atoms with E-state index >= 15 is 0 Å². The van der Waals surface area contributed by atoms with Crippen LogP contribution in [0.5, 0.6) is 5.75 Å². The number of carbonyl (C=O) groups is 2. The maximum absolute atomic E-state index is 13.2. The molecule has 2 heterocycles. The van der Waals surface area contributed by atoms with E-state index in [0.717, 1.165) is 25.7 Å². The molecule has 2 amide bonds. The van der Waals surface area contributed by atoms with E-state index in [4.69, 9.17) is 4.74 Å². The minimum Gasteiger partial charge on any atom is -0.482 e. The number of nitrogens with one attached hydrogen (secondary N) is 2. The average Bonchev–Trinajstić information content (AvgIpc) is 2.74. The summed E-state index contributed by atoms with van der Waals surface area (Å²) in [4.78, 5) is 24.3. The Morgan fingerprint density at radius 2 is 1.93 bits per heavy atom. The van der Waals surface area contributed by atoms with Gasteiger partial charge < -0.3 is 15.4 Å². The van der Waals surface area contributed by atoms with E-state index in [1.165, 1.54) is 22.9 Å². The molecule has 8 nitrogen and oxygen atoms in total. The summed E-state index contributed by atoms with van der Waals surface area (Å²) in [5, 5.41) is 5.76. The number of fused-ring (bicyclic) bond motifs is 1. The van der Waals surface area contributed by atoms with Crippen molar-refractivity contribution in [1.82, 2.24) is 9.62 Å². The van der Waals surface area contributed by atoms with Gasteiger partial charge in [0.2, 0.25) is 15.9 Å². The van der Waals surface area contributed by atoms with Gasteiger partial charge in [0, 0.05) is 19.1 Å². The fourth-order valence-electron chi connectivity index (χ4n) is 4.31. The summed E-state index contributed by atoms with van der Waals surface area (Å²) in [5.74, 6) is -0.236. The predicted octanol–water partition coefficient (Wildman–Crippen LogP) is 1.87. The van der Waals surface area contributed by atoms with Crippen LogP contribution < -0.4 is 15.4 Å². The van der Waals surface area contributed by atoms with Crippen molar-refractivity contribution in [2.45, 2.75) is 55.9 Å². The number of ether oxygens (including phenoxy) is 1. The molecule has 4 rings (SSSR count). The molecule has 2 fully saturated rings. The molecule has 1 saturated heterocycles. The van der Waals surface area contributed by atoms with Crippen molar-refractivity contribution in [3.63, 3.8) is 0 Å². The molecule has 2 N–H and O–H groups in total. The molecule has 0 unspecified atom stereocenters. The van der Waals surface area contributed by atoms with E-state index in [0.29, 0.717) is 30.8 Å². The van der Waals surface area contributed by atoms with E-state index in [1.54, 1.807) is 6.07 Å². The molecule has 0 aromatic heterocycles. The second kappa shape index (κ2) is 8.31. The molecule has 1 saturated carbocycles. The predicted molar refractivity (Wildman–Crippen MR) is 107 cm³/mol. The molecular weight excluding hydrogens is 394 g/mol. The molecule has 0 bridgehead atoms. The number of benzene rings is 1. The molecule has 1 aromatic carbocycles. The highest BCUT2D eigenvalue weighted by molar-refractivity contribution is 7.89. The van der Waals surface area contributed by atoms with Gasteiger partial charge in [-0.25, -0.2) is 8.42 Å². The number of sulfonamides is 1. The average molecular weight is 422 g/mol. The summed E-state index contributed by atoms with van der Waals surface area (Å²) in [6.45, 7) is 0.485. The van der Waals surface area contributed by atoms with E-state index in [9.17, 15) is 18.0 Å². The normalized spacial score (nSPS) is 23.6. The highest BCUT2D eigenvalue weighted by Crippen LogP contribution is 2.32. The summed E-state index contributed by atoms with van der Waals surface area (Å²) in [6, 6.07) is 4.68. The largest absolute Gasteiger partial charge is 0.482 e. The number of rotatable bonds is 4. The number of hydrogen-bond donors (Lipinski definition) is 2. The number of piperidine rings is 1. The second-order valence-corrected chi connectivity index (χ2v) is 9.98. The van der Waals surface area contributed by atoms with E-state index < -0.39 is 10.0 Å². The topological polar surface area (TPSA) is 105 Å². The Bertz CT molecular complexity index is 895. The van der Waals surface area contributed by atoms with E-state index in [1.807, 2.05) is 0 Å². The van der Waals surface area contributed by atoms with Crippen molar-refractivity contribution in [2.75, 3.05) is 25.0 Å². The first-order valence-corrected chi connectivity index (χ1v) is 11.7. The first-order valence-electron chi connectivity index (χ1n) is 10.3. The highest BCUT2D eigenvalue weighted by atomic mass is 32.2. The standard InChI is InChI=1S/C20H27N3O5S/c24-19-13-28-18-9-8-16(11-17(18)22-19)29(26,27)23-10-4-5-14(12-23)20(25)21-15-6-2-1-3-7-15/h8-9,11,14-15H,1-7,10,12-13H2,(H,21,25)(H,22,24)/t14-/m1/s1. The molecule has 0 spiro atoms. The van der Waals surface area contributed by atoms with Crippen molar-refractivity contribution in [3.8, 4) is 5.75 Å². The van der Waals surface area contributed by atoms with Gasteiger partial charge in [0.1, 0.15) is 5.75 Å². The SMILES string of the molecule is O=C1COc2ccc(S(=O)(=O)N3CCC[C@@H](C(=O)NC4CCCCC4)C3)cc2N1. The van der Waals surface area contributed by atoms with Gasteiger partial charge in [-0.2, -0.15) is 4.31 Å². The van der Waals surface area contributed by atoms with E-state index in [-0.39, 0.29) is 41.8 Å². The quantitative estimate of drug-likeness (QED) is 0.772. The van der Waals surface area contributed by atoms with Crippen molar-refractivity contribution < 1.29 is 22.7 Å². The molecule has 2 aliphatic heterocycles. The lowest BCUT2D eigenvalue weighted by atomic mass is 9.93. The van der Waals surface area contributed by atoms with E-state index in [2.05, 4.69) is 10.6 Å². The maximum atomic E-state index is 13.2. The van der Waals surface area contributed by atoms with Crippen LogP contribution in [-0.4, -0.2) is 50.3 Å². The lowest BCUT2D eigenvalue weighted by Crippen LogP contribution is -2.47. The lowest BCUT2D eigenvalue weighted by Gasteiger charge is -2.33. The zero-order valence-corrected chi connectivity index (χ0v) is 17.2. The van der Waals surface area contributed by atoms with Gasteiger partial charge in [0.05, 0.1) is 16.5 Å². The molecule has 1 aromatic rings. The fraction of sp³-hybridized carbons (Fsp3) is 0.600. The molecule has 1 atom stereocenters. The van der Waals surface area contributed by atoms with Crippen molar-refractivity contribution >= 4 is 27.5 Å². The van der Waals surface area contributed by atoms with Crippen LogP contribution in [0, 0.1) is 5.92 Å². The summed E-state index contributed by atoms with van der Waals surface area (Å²) < 4.78 is 33.0. The lowest BCUT2D eigenvalue weighted by molar-refractivity contribution is -0.127. The van der Waals surface area contributed by atoms with Crippen LogP contribution in [-0.2, 0) is 19.6 Å². The third-order valence-corrected chi connectivity index (χ3v) is 7.79. The summed E-state index contributed by atoms with van der Waals surface area (Å²) in [6.07, 6.45) is 6.83. The second-order valence-electron chi connectivity index (χ2n) is 8.04.